The van der Waals surface area contributed by atoms with Gasteiger partial charge in [0.1, 0.15) is 5.75 Å². The molecular weight excluding hydrogens is 364 g/mol. The highest BCUT2D eigenvalue weighted by atomic mass is 16.5. The number of carbonyl (C=O) groups is 2. The molecule has 4 nitrogen and oxygen atoms in total. The van der Waals surface area contributed by atoms with Gasteiger partial charge in [-0.3, -0.25) is 4.79 Å². The van der Waals surface area contributed by atoms with Crippen molar-refractivity contribution < 1.29 is 19.4 Å². The lowest BCUT2D eigenvalue weighted by Crippen LogP contribution is -2.21. The van der Waals surface area contributed by atoms with Crippen molar-refractivity contribution in [2.75, 3.05) is 0 Å². The van der Waals surface area contributed by atoms with Gasteiger partial charge in [0.05, 0.1) is 11.5 Å². The van der Waals surface area contributed by atoms with Gasteiger partial charge in [0.15, 0.2) is 0 Å². The third-order valence-corrected chi connectivity index (χ3v) is 5.38. The maximum Gasteiger partial charge on any atom is 0.336 e. The van der Waals surface area contributed by atoms with E-state index >= 15 is 0 Å². The van der Waals surface area contributed by atoms with Crippen LogP contribution in [-0.2, 0) is 4.79 Å². The predicted octanol–water partition coefficient (Wildman–Crippen LogP) is 5.78. The summed E-state index contributed by atoms with van der Waals surface area (Å²) in [7, 11) is 0. The molecule has 4 rings (SSSR count). The number of fused-ring (bicyclic) bond motifs is 1. The zero-order valence-corrected chi connectivity index (χ0v) is 16.2. The van der Waals surface area contributed by atoms with Crippen LogP contribution in [0.25, 0.3) is 21.9 Å². The summed E-state index contributed by atoms with van der Waals surface area (Å²) in [5.41, 5.74) is 2.55. The highest BCUT2D eigenvalue weighted by Crippen LogP contribution is 2.38. The average molecular weight is 386 g/mol. The van der Waals surface area contributed by atoms with E-state index in [4.69, 9.17) is 4.74 Å². The molecule has 0 bridgehead atoms. The Balaban J connectivity index is 1.85. The summed E-state index contributed by atoms with van der Waals surface area (Å²) in [4.78, 5) is 24.6. The average Bonchev–Trinajstić information content (AvgIpc) is 2.74. The van der Waals surface area contributed by atoms with Crippen molar-refractivity contribution in [1.82, 2.24) is 0 Å². The van der Waals surface area contributed by atoms with Gasteiger partial charge in [-0.05, 0) is 54.8 Å². The number of rotatable bonds is 4. The zero-order chi connectivity index (χ0) is 20.4. The minimum absolute atomic E-state index is 0.143. The van der Waals surface area contributed by atoms with E-state index in [-0.39, 0.29) is 17.5 Å². The van der Waals surface area contributed by atoms with Crippen molar-refractivity contribution in [2.45, 2.75) is 26.2 Å². The number of benzene rings is 3. The van der Waals surface area contributed by atoms with E-state index in [1.165, 1.54) is 0 Å². The summed E-state index contributed by atoms with van der Waals surface area (Å²) in [6, 6.07) is 16.6. The normalized spacial score (nSPS) is 16.0. The van der Waals surface area contributed by atoms with E-state index in [1.807, 2.05) is 49.4 Å². The van der Waals surface area contributed by atoms with E-state index in [2.05, 4.69) is 6.08 Å². The fraction of sp³-hybridized carbons (Fsp3) is 0.200. The molecule has 0 aliphatic heterocycles. The van der Waals surface area contributed by atoms with Crippen LogP contribution in [-0.4, -0.2) is 17.0 Å². The molecule has 3 aromatic carbocycles. The smallest absolute Gasteiger partial charge is 0.336 e. The first kappa shape index (κ1) is 18.9. The number of hydrogen-bond acceptors (Lipinski definition) is 3. The Hall–Kier alpha value is -3.40. The highest BCUT2D eigenvalue weighted by molar-refractivity contribution is 6.06. The minimum Gasteiger partial charge on any atom is -0.478 e. The van der Waals surface area contributed by atoms with Crippen molar-refractivity contribution in [2.24, 2.45) is 5.92 Å². The SMILES string of the molecule is Cc1ccc(C(=O)O)c(-c2cccc3cccc(OC(=O)C4CC=CCC4)c23)c1. The first-order chi connectivity index (χ1) is 14.0. The summed E-state index contributed by atoms with van der Waals surface area (Å²) in [6.07, 6.45) is 6.47. The number of carbonyl (C=O) groups excluding carboxylic acids is 1. The van der Waals surface area contributed by atoms with Crippen molar-refractivity contribution in [3.8, 4) is 16.9 Å². The van der Waals surface area contributed by atoms with E-state index in [0.29, 0.717) is 17.7 Å². The Kier molecular flexibility index (Phi) is 5.17. The Labute approximate surface area is 169 Å². The van der Waals surface area contributed by atoms with Gasteiger partial charge in [-0.1, -0.05) is 60.2 Å². The number of carboxylic acid groups (broad SMARTS) is 1. The molecule has 29 heavy (non-hydrogen) atoms. The molecule has 0 saturated heterocycles. The van der Waals surface area contributed by atoms with Crippen LogP contribution in [0.1, 0.15) is 35.2 Å². The molecule has 0 aromatic heterocycles. The van der Waals surface area contributed by atoms with Crippen molar-refractivity contribution in [1.29, 1.82) is 0 Å². The van der Waals surface area contributed by atoms with Gasteiger partial charge in [0.25, 0.3) is 0 Å². The van der Waals surface area contributed by atoms with Crippen LogP contribution in [0.3, 0.4) is 0 Å². The molecule has 0 radical (unpaired) electrons. The second-order valence-corrected chi connectivity index (χ2v) is 7.42. The molecule has 1 unspecified atom stereocenters. The number of allylic oxidation sites excluding steroid dienone is 2. The molecule has 1 atom stereocenters. The molecule has 0 spiro atoms. The van der Waals surface area contributed by atoms with E-state index in [1.54, 1.807) is 18.2 Å². The van der Waals surface area contributed by atoms with E-state index < -0.39 is 5.97 Å². The van der Waals surface area contributed by atoms with Gasteiger partial charge in [0.2, 0.25) is 0 Å². The van der Waals surface area contributed by atoms with Crippen LogP contribution >= 0.6 is 0 Å². The highest BCUT2D eigenvalue weighted by Gasteiger charge is 2.23. The lowest BCUT2D eigenvalue weighted by Gasteiger charge is -2.18. The fourth-order valence-corrected chi connectivity index (χ4v) is 3.88. The van der Waals surface area contributed by atoms with Crippen LogP contribution < -0.4 is 4.74 Å². The first-order valence-electron chi connectivity index (χ1n) is 9.77. The Morgan fingerprint density at radius 1 is 1.00 bits per heavy atom. The van der Waals surface area contributed by atoms with Crippen LogP contribution in [0.5, 0.6) is 5.75 Å². The first-order valence-corrected chi connectivity index (χ1v) is 9.77. The van der Waals surface area contributed by atoms with Crippen molar-refractivity contribution in [3.63, 3.8) is 0 Å². The lowest BCUT2D eigenvalue weighted by atomic mass is 9.92. The van der Waals surface area contributed by atoms with Crippen molar-refractivity contribution >= 4 is 22.7 Å². The second kappa shape index (κ2) is 7.92. The zero-order valence-electron chi connectivity index (χ0n) is 16.2. The number of aryl methyl sites for hydroxylation is 1. The second-order valence-electron chi connectivity index (χ2n) is 7.42. The van der Waals surface area contributed by atoms with Gasteiger partial charge in [-0.2, -0.15) is 0 Å². The van der Waals surface area contributed by atoms with Gasteiger partial charge >= 0.3 is 11.9 Å². The molecule has 146 valence electrons. The van der Waals surface area contributed by atoms with Crippen molar-refractivity contribution in [3.05, 3.63) is 77.9 Å². The van der Waals surface area contributed by atoms with Gasteiger partial charge in [0, 0.05) is 5.39 Å². The Bertz CT molecular complexity index is 1120. The Morgan fingerprint density at radius 2 is 1.79 bits per heavy atom. The molecule has 3 aromatic rings. The summed E-state index contributed by atoms with van der Waals surface area (Å²) in [5, 5.41) is 11.3. The standard InChI is InChI=1S/C25H22O4/c1-16-13-14-20(24(26)27)21(15-16)19-11-5-9-17-10-6-12-22(23(17)19)29-25(28)18-7-3-2-4-8-18/h2-3,5-6,9-15,18H,4,7-8H2,1H3,(H,26,27). The van der Waals surface area contributed by atoms with E-state index in [0.717, 1.165) is 34.7 Å². The number of hydrogen-bond donors (Lipinski definition) is 1. The predicted molar refractivity (Wildman–Crippen MR) is 113 cm³/mol. The van der Waals surface area contributed by atoms with Crippen LogP contribution in [0, 0.1) is 12.8 Å². The maximum atomic E-state index is 12.7. The molecule has 4 heteroatoms. The number of carboxylic acids is 1. The lowest BCUT2D eigenvalue weighted by molar-refractivity contribution is -0.139. The fourth-order valence-electron chi connectivity index (χ4n) is 3.88. The molecule has 1 N–H and O–H groups in total. The summed E-state index contributed by atoms with van der Waals surface area (Å²) in [6.45, 7) is 1.93. The van der Waals surface area contributed by atoms with E-state index in [9.17, 15) is 14.7 Å². The number of esters is 1. The third-order valence-electron chi connectivity index (χ3n) is 5.38. The topological polar surface area (TPSA) is 63.6 Å². The molecule has 1 aliphatic carbocycles. The molecule has 0 heterocycles. The molecule has 1 aliphatic rings. The molecule has 0 amide bonds. The largest absolute Gasteiger partial charge is 0.478 e. The van der Waals surface area contributed by atoms with Crippen LogP contribution in [0.15, 0.2) is 66.7 Å². The summed E-state index contributed by atoms with van der Waals surface area (Å²) >= 11 is 0. The summed E-state index contributed by atoms with van der Waals surface area (Å²) < 4.78 is 5.84. The monoisotopic (exact) mass is 386 g/mol. The van der Waals surface area contributed by atoms with Gasteiger partial charge < -0.3 is 9.84 Å². The quantitative estimate of drug-likeness (QED) is 0.351. The van der Waals surface area contributed by atoms with Crippen LogP contribution in [0.2, 0.25) is 0 Å². The number of ether oxygens (including phenoxy) is 1. The number of aromatic carboxylic acids is 1. The minimum atomic E-state index is -0.986. The maximum absolute atomic E-state index is 12.7. The molecular formula is C25H22O4. The molecule has 0 fully saturated rings. The molecule has 0 saturated carbocycles. The summed E-state index contributed by atoms with van der Waals surface area (Å²) in [5.74, 6) is -0.897. The Morgan fingerprint density at radius 3 is 2.52 bits per heavy atom. The van der Waals surface area contributed by atoms with Gasteiger partial charge in [-0.15, -0.1) is 0 Å². The van der Waals surface area contributed by atoms with Gasteiger partial charge in [-0.25, -0.2) is 4.79 Å². The third kappa shape index (κ3) is 3.79. The van der Waals surface area contributed by atoms with Crippen LogP contribution in [0.4, 0.5) is 0 Å².